The summed E-state index contributed by atoms with van der Waals surface area (Å²) < 4.78 is 6.10. The van der Waals surface area contributed by atoms with E-state index in [0.29, 0.717) is 38.4 Å². The molecule has 1 aromatic heterocycles. The molecule has 19 heavy (non-hydrogen) atoms. The van der Waals surface area contributed by atoms with Gasteiger partial charge in [-0.1, -0.05) is 0 Å². The average molecular weight is 331 g/mol. The van der Waals surface area contributed by atoms with Crippen LogP contribution >= 0.6 is 15.9 Å². The number of ether oxygens (including phenoxy) is 1. The van der Waals surface area contributed by atoms with Crippen molar-refractivity contribution in [1.82, 2.24) is 4.98 Å². The Balaban J connectivity index is 2.12. The van der Waals surface area contributed by atoms with Crippen LogP contribution in [0.15, 0.2) is 16.7 Å². The van der Waals surface area contributed by atoms with E-state index in [1.165, 1.54) is 0 Å². The fraction of sp³-hybridized carbons (Fsp3) is 0.615. The maximum absolute atomic E-state index is 10.5. The Morgan fingerprint density at radius 2 is 2.16 bits per heavy atom. The van der Waals surface area contributed by atoms with Gasteiger partial charge in [0.25, 0.3) is 0 Å². The van der Waals surface area contributed by atoms with Gasteiger partial charge in [-0.3, -0.25) is 0 Å². The fourth-order valence-corrected chi connectivity index (χ4v) is 2.74. The second-order valence-electron chi connectivity index (χ2n) is 4.99. The summed E-state index contributed by atoms with van der Waals surface area (Å²) in [7, 11) is 1.88. The van der Waals surface area contributed by atoms with Crippen LogP contribution in [0, 0.1) is 0 Å². The number of halogens is 1. The third-order valence-electron chi connectivity index (χ3n) is 3.40. The molecule has 0 bridgehead atoms. The lowest BCUT2D eigenvalue weighted by molar-refractivity contribution is -0.0573. The molecule has 5 nitrogen and oxygen atoms in total. The predicted octanol–water partition coefficient (Wildman–Crippen LogP) is 1.31. The number of pyridine rings is 1. The van der Waals surface area contributed by atoms with E-state index in [9.17, 15) is 10.2 Å². The monoisotopic (exact) mass is 330 g/mol. The molecule has 6 heteroatoms. The van der Waals surface area contributed by atoms with Gasteiger partial charge in [0.2, 0.25) is 0 Å². The zero-order chi connectivity index (χ0) is 13.9. The highest BCUT2D eigenvalue weighted by molar-refractivity contribution is 9.10. The number of nitrogens with zero attached hydrogens (tertiary/aromatic N) is 2. The van der Waals surface area contributed by atoms with E-state index in [1.807, 2.05) is 18.0 Å². The van der Waals surface area contributed by atoms with E-state index in [4.69, 9.17) is 4.74 Å². The van der Waals surface area contributed by atoms with Gasteiger partial charge in [0.05, 0.1) is 12.2 Å². The van der Waals surface area contributed by atoms with E-state index in [2.05, 4.69) is 20.9 Å². The minimum atomic E-state index is -0.742. The van der Waals surface area contributed by atoms with E-state index in [0.717, 1.165) is 10.0 Å². The summed E-state index contributed by atoms with van der Waals surface area (Å²) in [5.41, 5.74) is 0.00150. The average Bonchev–Trinajstić information content (AvgIpc) is 2.38. The maximum atomic E-state index is 10.5. The molecule has 106 valence electrons. The Morgan fingerprint density at radius 1 is 1.47 bits per heavy atom. The Bertz CT molecular complexity index is 436. The van der Waals surface area contributed by atoms with E-state index in [-0.39, 0.29) is 6.61 Å². The number of rotatable bonds is 4. The van der Waals surface area contributed by atoms with Gasteiger partial charge in [-0.05, 0) is 22.0 Å². The van der Waals surface area contributed by atoms with Gasteiger partial charge in [0.1, 0.15) is 5.82 Å². The van der Waals surface area contributed by atoms with E-state index >= 15 is 0 Å². The molecule has 0 atom stereocenters. The minimum absolute atomic E-state index is 0.0757. The van der Waals surface area contributed by atoms with Gasteiger partial charge in [-0.25, -0.2) is 4.98 Å². The molecule has 0 saturated carbocycles. The molecule has 1 aromatic rings. The molecular weight excluding hydrogens is 312 g/mol. The van der Waals surface area contributed by atoms with Crippen molar-refractivity contribution in [3.05, 3.63) is 22.3 Å². The summed E-state index contributed by atoms with van der Waals surface area (Å²) in [6.45, 7) is 1.58. The summed E-state index contributed by atoms with van der Waals surface area (Å²) in [6.07, 6.45) is 2.95. The number of likely N-dealkylation sites (N-methyl/N-ethyl adjacent to an activating group) is 1. The van der Waals surface area contributed by atoms with Gasteiger partial charge in [0, 0.05) is 55.9 Å². The normalized spacial score (nSPS) is 18.3. The van der Waals surface area contributed by atoms with Crippen LogP contribution in [0.4, 0.5) is 5.82 Å². The molecule has 0 spiro atoms. The van der Waals surface area contributed by atoms with E-state index in [1.54, 1.807) is 6.20 Å². The van der Waals surface area contributed by atoms with Gasteiger partial charge < -0.3 is 19.8 Å². The quantitative estimate of drug-likeness (QED) is 0.871. The summed E-state index contributed by atoms with van der Waals surface area (Å²) in [4.78, 5) is 6.21. The lowest BCUT2D eigenvalue weighted by Gasteiger charge is -2.36. The van der Waals surface area contributed by atoms with Crippen LogP contribution < -0.4 is 4.90 Å². The SMILES string of the molecule is CN(CC1(O)CCOCC1)c1ncc(Br)cc1CO. The second kappa shape index (κ2) is 6.17. The van der Waals surface area contributed by atoms with Gasteiger partial charge in [-0.15, -0.1) is 0 Å². The van der Waals surface area contributed by atoms with Crippen LogP contribution in [-0.2, 0) is 11.3 Å². The first kappa shape index (κ1) is 14.7. The first-order chi connectivity index (χ1) is 9.04. The number of aromatic nitrogens is 1. The van der Waals surface area contributed by atoms with Crippen molar-refractivity contribution in [2.45, 2.75) is 25.0 Å². The van der Waals surface area contributed by atoms with Gasteiger partial charge >= 0.3 is 0 Å². The molecular formula is C13H19BrN2O3. The van der Waals surface area contributed by atoms with Crippen molar-refractivity contribution in [2.75, 3.05) is 31.7 Å². The zero-order valence-corrected chi connectivity index (χ0v) is 12.6. The van der Waals surface area contributed by atoms with E-state index < -0.39 is 5.60 Å². The molecule has 0 unspecified atom stereocenters. The molecule has 1 saturated heterocycles. The summed E-state index contributed by atoms with van der Waals surface area (Å²) in [6, 6.07) is 1.84. The second-order valence-corrected chi connectivity index (χ2v) is 5.90. The summed E-state index contributed by atoms with van der Waals surface area (Å²) in [5.74, 6) is 0.700. The largest absolute Gasteiger partial charge is 0.392 e. The van der Waals surface area contributed by atoms with Gasteiger partial charge in [0.15, 0.2) is 0 Å². The molecule has 0 aromatic carbocycles. The highest BCUT2D eigenvalue weighted by Crippen LogP contribution is 2.26. The fourth-order valence-electron chi connectivity index (χ4n) is 2.36. The third kappa shape index (κ3) is 3.66. The van der Waals surface area contributed by atoms with Crippen molar-refractivity contribution >= 4 is 21.7 Å². The zero-order valence-electron chi connectivity index (χ0n) is 11.0. The Kier molecular flexibility index (Phi) is 4.78. The first-order valence-electron chi connectivity index (χ1n) is 6.31. The van der Waals surface area contributed by atoms with Gasteiger partial charge in [-0.2, -0.15) is 0 Å². The van der Waals surface area contributed by atoms with Crippen LogP contribution in [0.5, 0.6) is 0 Å². The topological polar surface area (TPSA) is 65.8 Å². The number of hydrogen-bond acceptors (Lipinski definition) is 5. The Labute approximate surface area is 121 Å². The molecule has 0 radical (unpaired) electrons. The van der Waals surface area contributed by atoms with Crippen molar-refractivity contribution < 1.29 is 14.9 Å². The highest BCUT2D eigenvalue weighted by atomic mass is 79.9. The summed E-state index contributed by atoms with van der Waals surface area (Å²) in [5, 5.41) is 19.9. The van der Waals surface area contributed by atoms with Crippen LogP contribution in [-0.4, -0.2) is 47.6 Å². The van der Waals surface area contributed by atoms with Crippen LogP contribution in [0.1, 0.15) is 18.4 Å². The number of aliphatic hydroxyl groups excluding tert-OH is 1. The molecule has 2 rings (SSSR count). The van der Waals surface area contributed by atoms with Crippen molar-refractivity contribution in [3.8, 4) is 0 Å². The molecule has 1 fully saturated rings. The highest BCUT2D eigenvalue weighted by Gasteiger charge is 2.31. The molecule has 1 aliphatic heterocycles. The Morgan fingerprint density at radius 3 is 2.79 bits per heavy atom. The maximum Gasteiger partial charge on any atom is 0.133 e. The number of anilines is 1. The molecule has 1 aliphatic rings. The van der Waals surface area contributed by atoms with Crippen molar-refractivity contribution in [2.24, 2.45) is 0 Å². The standard InChI is InChI=1S/C13H19BrN2O3/c1-16(9-13(18)2-4-19-5-3-13)12-10(8-17)6-11(14)7-15-12/h6-7,17-18H,2-5,8-9H2,1H3. The first-order valence-corrected chi connectivity index (χ1v) is 7.10. The predicted molar refractivity (Wildman–Crippen MR) is 76.1 cm³/mol. The molecule has 2 heterocycles. The Hall–Kier alpha value is -0.690. The molecule has 0 aliphatic carbocycles. The van der Waals surface area contributed by atoms with Crippen LogP contribution in [0.25, 0.3) is 0 Å². The molecule has 2 N–H and O–H groups in total. The van der Waals surface area contributed by atoms with Crippen molar-refractivity contribution in [3.63, 3.8) is 0 Å². The lowest BCUT2D eigenvalue weighted by atomic mass is 9.94. The smallest absolute Gasteiger partial charge is 0.133 e. The summed E-state index contributed by atoms with van der Waals surface area (Å²) >= 11 is 3.34. The van der Waals surface area contributed by atoms with Crippen molar-refractivity contribution in [1.29, 1.82) is 0 Å². The van der Waals surface area contributed by atoms with Crippen LogP contribution in [0.3, 0.4) is 0 Å². The number of aliphatic hydroxyl groups is 2. The third-order valence-corrected chi connectivity index (χ3v) is 3.83. The van der Waals surface area contributed by atoms with Crippen LogP contribution in [0.2, 0.25) is 0 Å². The lowest BCUT2D eigenvalue weighted by Crippen LogP contribution is -2.46. The number of hydrogen-bond donors (Lipinski definition) is 2. The minimum Gasteiger partial charge on any atom is -0.392 e. The molecule has 0 amide bonds.